The zero-order valence-corrected chi connectivity index (χ0v) is 13.9. The van der Waals surface area contributed by atoms with Gasteiger partial charge in [-0.25, -0.2) is 0 Å². The van der Waals surface area contributed by atoms with Crippen LogP contribution in [0.15, 0.2) is 28.7 Å². The van der Waals surface area contributed by atoms with Gasteiger partial charge >= 0.3 is 0 Å². The average molecular weight is 355 g/mol. The minimum Gasteiger partial charge on any atom is -0.391 e. The van der Waals surface area contributed by atoms with Crippen LogP contribution >= 0.6 is 28.1 Å². The number of rotatable bonds is 3. The van der Waals surface area contributed by atoms with Gasteiger partial charge in [0.25, 0.3) is 5.91 Å². The first-order valence-electron chi connectivity index (χ1n) is 6.81. The predicted molar refractivity (Wildman–Crippen MR) is 88.8 cm³/mol. The van der Waals surface area contributed by atoms with Crippen molar-refractivity contribution >= 4 is 39.0 Å². The van der Waals surface area contributed by atoms with Crippen LogP contribution in [-0.2, 0) is 0 Å². The summed E-state index contributed by atoms with van der Waals surface area (Å²) < 4.78 is 0.881. The Balaban J connectivity index is 2.17. The Labute approximate surface area is 133 Å². The van der Waals surface area contributed by atoms with Gasteiger partial charge in [0, 0.05) is 10.0 Å². The maximum atomic E-state index is 12.4. The lowest BCUT2D eigenvalue weighted by atomic mass is 9.77. The molecule has 1 aromatic rings. The van der Waals surface area contributed by atoms with Crippen LogP contribution in [0.25, 0.3) is 0 Å². The summed E-state index contributed by atoms with van der Waals surface area (Å²) in [7, 11) is 0. The van der Waals surface area contributed by atoms with Crippen LogP contribution < -0.4 is 11.1 Å². The second kappa shape index (κ2) is 6.22. The molecular formula is C15H19BrN2OS. The first kappa shape index (κ1) is 15.4. The van der Waals surface area contributed by atoms with E-state index in [1.807, 2.05) is 12.1 Å². The number of hydrogen-bond donors (Lipinski definition) is 2. The minimum atomic E-state index is -0.527. The third kappa shape index (κ3) is 3.38. The molecule has 3 nitrogen and oxygen atoms in total. The smallest absolute Gasteiger partial charge is 0.252 e. The van der Waals surface area contributed by atoms with Crippen molar-refractivity contribution in [2.45, 2.75) is 38.1 Å². The number of halogens is 1. The highest BCUT2D eigenvalue weighted by molar-refractivity contribution is 9.10. The van der Waals surface area contributed by atoms with Crippen molar-refractivity contribution in [1.29, 1.82) is 0 Å². The second-order valence-electron chi connectivity index (χ2n) is 5.59. The Morgan fingerprint density at radius 1 is 1.45 bits per heavy atom. The van der Waals surface area contributed by atoms with Crippen LogP contribution in [0.1, 0.15) is 43.0 Å². The lowest BCUT2D eigenvalue weighted by Crippen LogP contribution is -2.58. The summed E-state index contributed by atoms with van der Waals surface area (Å²) in [6.07, 6.45) is 3.72. The summed E-state index contributed by atoms with van der Waals surface area (Å²) in [4.78, 5) is 12.8. The lowest BCUT2D eigenvalue weighted by molar-refractivity contribution is 0.0900. The van der Waals surface area contributed by atoms with Crippen molar-refractivity contribution < 1.29 is 4.79 Å². The van der Waals surface area contributed by atoms with E-state index in [-0.39, 0.29) is 5.91 Å². The Hall–Kier alpha value is -0.940. The molecule has 0 aromatic heterocycles. The van der Waals surface area contributed by atoms with Crippen molar-refractivity contribution in [1.82, 2.24) is 5.32 Å². The molecule has 0 spiro atoms. The van der Waals surface area contributed by atoms with Gasteiger partial charge in [-0.2, -0.15) is 0 Å². The van der Waals surface area contributed by atoms with Crippen LogP contribution in [-0.4, -0.2) is 16.4 Å². The van der Waals surface area contributed by atoms with E-state index in [0.717, 1.165) is 30.2 Å². The summed E-state index contributed by atoms with van der Waals surface area (Å²) in [5, 5.41) is 3.07. The molecular weight excluding hydrogens is 336 g/mol. The van der Waals surface area contributed by atoms with Crippen molar-refractivity contribution in [3.8, 4) is 0 Å². The SMILES string of the molecule is CC1CCC(NC(=O)c2cccc(Br)c2)(C(N)=S)CC1. The van der Waals surface area contributed by atoms with Crippen LogP contribution in [0.3, 0.4) is 0 Å². The van der Waals surface area contributed by atoms with E-state index in [0.29, 0.717) is 16.5 Å². The molecule has 5 heteroatoms. The fraction of sp³-hybridized carbons (Fsp3) is 0.467. The molecule has 1 saturated carbocycles. The van der Waals surface area contributed by atoms with Gasteiger partial charge in [-0.1, -0.05) is 41.1 Å². The number of carbonyl (C=O) groups is 1. The molecule has 2 rings (SSSR count). The molecule has 0 bridgehead atoms. The number of benzene rings is 1. The van der Waals surface area contributed by atoms with Crippen molar-refractivity contribution in [2.24, 2.45) is 11.7 Å². The highest BCUT2D eigenvalue weighted by Crippen LogP contribution is 2.32. The van der Waals surface area contributed by atoms with E-state index in [1.165, 1.54) is 0 Å². The lowest BCUT2D eigenvalue weighted by Gasteiger charge is -2.39. The average Bonchev–Trinajstić information content (AvgIpc) is 2.41. The summed E-state index contributed by atoms with van der Waals surface area (Å²) in [5.41, 5.74) is 6.00. The number of thiocarbonyl (C=S) groups is 1. The number of hydrogen-bond acceptors (Lipinski definition) is 2. The third-order valence-electron chi connectivity index (χ3n) is 4.04. The van der Waals surface area contributed by atoms with E-state index >= 15 is 0 Å². The van der Waals surface area contributed by atoms with Crippen LogP contribution in [0.4, 0.5) is 0 Å². The Bertz CT molecular complexity index is 524. The molecule has 0 unspecified atom stereocenters. The van der Waals surface area contributed by atoms with Crippen LogP contribution in [0.2, 0.25) is 0 Å². The molecule has 1 amide bonds. The second-order valence-corrected chi connectivity index (χ2v) is 6.95. The van der Waals surface area contributed by atoms with Crippen LogP contribution in [0, 0.1) is 5.92 Å². The third-order valence-corrected chi connectivity index (χ3v) is 4.92. The molecule has 108 valence electrons. The quantitative estimate of drug-likeness (QED) is 0.817. The molecule has 1 fully saturated rings. The molecule has 0 aliphatic heterocycles. The summed E-state index contributed by atoms with van der Waals surface area (Å²) in [5.74, 6) is 0.550. The highest BCUT2D eigenvalue weighted by Gasteiger charge is 2.38. The zero-order chi connectivity index (χ0) is 14.8. The number of nitrogens with two attached hydrogens (primary N) is 1. The van der Waals surface area contributed by atoms with Crippen molar-refractivity contribution in [2.75, 3.05) is 0 Å². The highest BCUT2D eigenvalue weighted by atomic mass is 79.9. The first-order chi connectivity index (χ1) is 9.43. The Morgan fingerprint density at radius 3 is 2.65 bits per heavy atom. The standard InChI is InChI=1S/C15H19BrN2OS/c1-10-5-7-15(8-6-10,14(17)20)18-13(19)11-3-2-4-12(16)9-11/h2-4,9-10H,5-8H2,1H3,(H2,17,20)(H,18,19). The molecule has 0 saturated heterocycles. The number of amides is 1. The first-order valence-corrected chi connectivity index (χ1v) is 8.01. The largest absolute Gasteiger partial charge is 0.391 e. The summed E-state index contributed by atoms with van der Waals surface area (Å²) in [6.45, 7) is 2.22. The molecule has 0 atom stereocenters. The van der Waals surface area contributed by atoms with Gasteiger partial charge < -0.3 is 11.1 Å². The fourth-order valence-corrected chi connectivity index (χ4v) is 3.26. The van der Waals surface area contributed by atoms with Crippen molar-refractivity contribution in [3.05, 3.63) is 34.3 Å². The van der Waals surface area contributed by atoms with Gasteiger partial charge in [-0.05, 0) is 49.8 Å². The van der Waals surface area contributed by atoms with Gasteiger partial charge in [0.15, 0.2) is 0 Å². The normalized spacial score (nSPS) is 26.0. The summed E-state index contributed by atoms with van der Waals surface area (Å²) >= 11 is 8.59. The molecule has 20 heavy (non-hydrogen) atoms. The van der Waals surface area contributed by atoms with E-state index in [4.69, 9.17) is 18.0 Å². The molecule has 3 N–H and O–H groups in total. The summed E-state index contributed by atoms with van der Waals surface area (Å²) in [6, 6.07) is 7.32. The van der Waals surface area contributed by atoms with Gasteiger partial charge in [0.2, 0.25) is 0 Å². The fourth-order valence-electron chi connectivity index (χ4n) is 2.61. The monoisotopic (exact) mass is 354 g/mol. The topological polar surface area (TPSA) is 55.1 Å². The van der Waals surface area contributed by atoms with Gasteiger partial charge in [0.05, 0.1) is 10.5 Å². The van der Waals surface area contributed by atoms with Gasteiger partial charge in [-0.15, -0.1) is 0 Å². The van der Waals surface area contributed by atoms with E-state index in [1.54, 1.807) is 12.1 Å². The molecule has 1 aromatic carbocycles. The maximum absolute atomic E-state index is 12.4. The maximum Gasteiger partial charge on any atom is 0.252 e. The molecule has 0 radical (unpaired) electrons. The van der Waals surface area contributed by atoms with Crippen molar-refractivity contribution in [3.63, 3.8) is 0 Å². The molecule has 1 aliphatic carbocycles. The Morgan fingerprint density at radius 2 is 2.10 bits per heavy atom. The Kier molecular flexibility index (Phi) is 4.81. The van der Waals surface area contributed by atoms with Crippen LogP contribution in [0.5, 0.6) is 0 Å². The zero-order valence-electron chi connectivity index (χ0n) is 11.5. The van der Waals surface area contributed by atoms with Gasteiger partial charge in [-0.3, -0.25) is 4.79 Å². The number of carbonyl (C=O) groups excluding carboxylic acids is 1. The van der Waals surface area contributed by atoms with E-state index in [9.17, 15) is 4.79 Å². The molecule has 1 aliphatic rings. The van der Waals surface area contributed by atoms with Gasteiger partial charge in [0.1, 0.15) is 0 Å². The minimum absolute atomic E-state index is 0.117. The van der Waals surface area contributed by atoms with E-state index in [2.05, 4.69) is 28.2 Å². The predicted octanol–water partition coefficient (Wildman–Crippen LogP) is 3.41. The van der Waals surface area contributed by atoms with E-state index < -0.39 is 5.54 Å². The number of nitrogens with one attached hydrogen (secondary N) is 1. The molecule has 0 heterocycles.